The van der Waals surface area contributed by atoms with Crippen molar-refractivity contribution in [2.45, 2.75) is 0 Å². The molecule has 0 fully saturated rings. The Morgan fingerprint density at radius 3 is 2.63 bits per heavy atom. The summed E-state index contributed by atoms with van der Waals surface area (Å²) >= 11 is 5.64. The number of hydrogen-bond donors (Lipinski definition) is 3. The van der Waals surface area contributed by atoms with Crippen LogP contribution in [0.4, 0.5) is 11.4 Å². The van der Waals surface area contributed by atoms with Crippen LogP contribution in [-0.2, 0) is 0 Å². The molecule has 1 amide bonds. The molecule has 0 radical (unpaired) electrons. The van der Waals surface area contributed by atoms with E-state index in [1.54, 1.807) is 0 Å². The van der Waals surface area contributed by atoms with Crippen LogP contribution in [0, 0.1) is 10.1 Å². The Hall–Kier alpha value is -2.61. The second-order valence-corrected chi connectivity index (χ2v) is 3.96. The van der Waals surface area contributed by atoms with E-state index in [9.17, 15) is 19.7 Å². The van der Waals surface area contributed by atoms with Gasteiger partial charge in [-0.05, 0) is 12.1 Å². The standard InChI is InChI=1S/C10H7ClN4O4/c11-6-2-1-5(3-8(6)15(18)19)12-10(17)7-4-9(16)14-13-7/h1-4H,(H,12,17)(H2,13,14,16). The van der Waals surface area contributed by atoms with E-state index in [2.05, 4.69) is 15.5 Å². The fraction of sp³-hybridized carbons (Fsp3) is 0. The van der Waals surface area contributed by atoms with E-state index in [-0.39, 0.29) is 22.1 Å². The number of carbonyl (C=O) groups is 1. The molecule has 8 nitrogen and oxygen atoms in total. The fourth-order valence-electron chi connectivity index (χ4n) is 1.38. The van der Waals surface area contributed by atoms with Gasteiger partial charge >= 0.3 is 0 Å². The Morgan fingerprint density at radius 1 is 1.32 bits per heavy atom. The van der Waals surface area contributed by atoms with Crippen molar-refractivity contribution in [3.05, 3.63) is 55.5 Å². The van der Waals surface area contributed by atoms with Gasteiger partial charge in [0.15, 0.2) is 0 Å². The molecule has 2 aromatic rings. The van der Waals surface area contributed by atoms with Gasteiger partial charge < -0.3 is 5.32 Å². The smallest absolute Gasteiger partial charge is 0.289 e. The van der Waals surface area contributed by atoms with E-state index in [1.165, 1.54) is 12.1 Å². The van der Waals surface area contributed by atoms with Crippen LogP contribution in [0.3, 0.4) is 0 Å². The Labute approximate surface area is 110 Å². The van der Waals surface area contributed by atoms with Gasteiger partial charge in [-0.25, -0.2) is 0 Å². The van der Waals surface area contributed by atoms with Crippen molar-refractivity contribution in [1.82, 2.24) is 10.2 Å². The number of amides is 1. The number of carbonyl (C=O) groups excluding carboxylic acids is 1. The molecule has 0 spiro atoms. The highest BCUT2D eigenvalue weighted by molar-refractivity contribution is 6.32. The molecule has 0 saturated carbocycles. The third-order valence-corrected chi connectivity index (χ3v) is 2.56. The summed E-state index contributed by atoms with van der Waals surface area (Å²) in [4.78, 5) is 32.6. The Balaban J connectivity index is 2.24. The van der Waals surface area contributed by atoms with Gasteiger partial charge in [-0.3, -0.25) is 29.9 Å². The molecule has 0 unspecified atom stereocenters. The maximum atomic E-state index is 11.7. The number of benzene rings is 1. The summed E-state index contributed by atoms with van der Waals surface area (Å²) in [6, 6.07) is 4.91. The number of nitrogens with one attached hydrogen (secondary N) is 3. The van der Waals surface area contributed by atoms with Gasteiger partial charge in [0.05, 0.1) is 4.92 Å². The number of H-pyrrole nitrogens is 2. The SMILES string of the molecule is O=C(Nc1ccc(Cl)c([N+](=O)[O-])c1)c1cc(=O)[nH][nH]1. The second-order valence-electron chi connectivity index (χ2n) is 3.55. The quantitative estimate of drug-likeness (QED) is 0.583. The molecule has 0 saturated heterocycles. The van der Waals surface area contributed by atoms with Gasteiger partial charge in [0.2, 0.25) is 0 Å². The molecule has 9 heteroatoms. The zero-order chi connectivity index (χ0) is 14.0. The van der Waals surface area contributed by atoms with Crippen LogP contribution in [-0.4, -0.2) is 21.0 Å². The number of aromatic nitrogens is 2. The van der Waals surface area contributed by atoms with Crippen molar-refractivity contribution in [2.75, 3.05) is 5.32 Å². The van der Waals surface area contributed by atoms with Crippen molar-refractivity contribution < 1.29 is 9.72 Å². The molecule has 0 aliphatic rings. The van der Waals surface area contributed by atoms with Crippen molar-refractivity contribution in [3.8, 4) is 0 Å². The number of nitro benzene ring substituents is 1. The first kappa shape index (κ1) is 12.8. The summed E-state index contributed by atoms with van der Waals surface area (Å²) in [6.45, 7) is 0. The van der Waals surface area contributed by atoms with E-state index >= 15 is 0 Å². The van der Waals surface area contributed by atoms with E-state index in [4.69, 9.17) is 11.6 Å². The second kappa shape index (κ2) is 4.94. The molecule has 0 bridgehead atoms. The van der Waals surface area contributed by atoms with Crippen LogP contribution in [0.5, 0.6) is 0 Å². The Kier molecular flexibility index (Phi) is 3.34. The number of rotatable bonds is 3. The van der Waals surface area contributed by atoms with Crippen LogP contribution in [0.1, 0.15) is 10.5 Å². The van der Waals surface area contributed by atoms with Gasteiger partial charge in [-0.1, -0.05) is 11.6 Å². The van der Waals surface area contributed by atoms with Crippen LogP contribution in [0.25, 0.3) is 0 Å². The normalized spacial score (nSPS) is 10.2. The molecule has 1 aromatic carbocycles. The van der Waals surface area contributed by atoms with E-state index in [1.807, 2.05) is 0 Å². The summed E-state index contributed by atoms with van der Waals surface area (Å²) in [6.07, 6.45) is 0. The number of nitrogens with zero attached hydrogens (tertiary/aromatic N) is 1. The van der Waals surface area contributed by atoms with Crippen LogP contribution in [0.15, 0.2) is 29.1 Å². The number of aromatic amines is 2. The number of anilines is 1. The molecule has 98 valence electrons. The van der Waals surface area contributed by atoms with Gasteiger partial charge in [-0.2, -0.15) is 0 Å². The predicted molar refractivity (Wildman–Crippen MR) is 67.5 cm³/mol. The van der Waals surface area contributed by atoms with E-state index < -0.39 is 16.4 Å². The molecule has 3 N–H and O–H groups in total. The third-order valence-electron chi connectivity index (χ3n) is 2.24. The highest BCUT2D eigenvalue weighted by atomic mass is 35.5. The third kappa shape index (κ3) is 2.80. The summed E-state index contributed by atoms with van der Waals surface area (Å²) < 4.78 is 0. The van der Waals surface area contributed by atoms with Crippen molar-refractivity contribution in [3.63, 3.8) is 0 Å². The Bertz CT molecular complexity index is 706. The number of hydrogen-bond acceptors (Lipinski definition) is 4. The minimum atomic E-state index is -0.657. The molecule has 0 aliphatic carbocycles. The molecular formula is C10H7ClN4O4. The topological polar surface area (TPSA) is 121 Å². The highest BCUT2D eigenvalue weighted by Crippen LogP contribution is 2.27. The predicted octanol–water partition coefficient (Wildman–Crippen LogP) is 1.52. The van der Waals surface area contributed by atoms with Crippen LogP contribution in [0.2, 0.25) is 5.02 Å². The summed E-state index contributed by atoms with van der Waals surface area (Å²) in [5, 5.41) is 17.6. The van der Waals surface area contributed by atoms with Crippen molar-refractivity contribution >= 4 is 28.9 Å². The van der Waals surface area contributed by atoms with Gasteiger partial charge in [0.1, 0.15) is 10.7 Å². The zero-order valence-corrected chi connectivity index (χ0v) is 10.0. The molecule has 0 atom stereocenters. The van der Waals surface area contributed by atoms with Gasteiger partial charge in [-0.15, -0.1) is 0 Å². The average Bonchev–Trinajstić information content (AvgIpc) is 2.78. The molecule has 19 heavy (non-hydrogen) atoms. The summed E-state index contributed by atoms with van der Waals surface area (Å²) in [7, 11) is 0. The minimum absolute atomic E-state index is 0.0163. The molecule has 1 aromatic heterocycles. The first-order valence-electron chi connectivity index (χ1n) is 5.00. The van der Waals surface area contributed by atoms with Gasteiger partial charge in [0.25, 0.3) is 17.2 Å². The van der Waals surface area contributed by atoms with Crippen molar-refractivity contribution in [1.29, 1.82) is 0 Å². The van der Waals surface area contributed by atoms with Crippen molar-refractivity contribution in [2.24, 2.45) is 0 Å². The van der Waals surface area contributed by atoms with Crippen LogP contribution >= 0.6 is 11.6 Å². The zero-order valence-electron chi connectivity index (χ0n) is 9.27. The first-order chi connectivity index (χ1) is 8.97. The maximum absolute atomic E-state index is 11.7. The lowest BCUT2D eigenvalue weighted by atomic mass is 10.2. The number of nitro groups is 1. The minimum Gasteiger partial charge on any atom is -0.320 e. The lowest BCUT2D eigenvalue weighted by Gasteiger charge is -2.03. The monoisotopic (exact) mass is 282 g/mol. The summed E-state index contributed by atoms with van der Waals surface area (Å²) in [5.41, 5.74) is -0.556. The average molecular weight is 283 g/mol. The lowest BCUT2D eigenvalue weighted by molar-refractivity contribution is -0.384. The number of halogens is 1. The van der Waals surface area contributed by atoms with E-state index in [0.717, 1.165) is 12.1 Å². The molecule has 0 aliphatic heterocycles. The maximum Gasteiger partial charge on any atom is 0.289 e. The lowest BCUT2D eigenvalue weighted by Crippen LogP contribution is -2.12. The summed E-state index contributed by atoms with van der Waals surface area (Å²) in [5.74, 6) is -0.602. The largest absolute Gasteiger partial charge is 0.320 e. The van der Waals surface area contributed by atoms with Crippen LogP contribution < -0.4 is 10.9 Å². The Morgan fingerprint density at radius 2 is 2.05 bits per heavy atom. The fourth-order valence-corrected chi connectivity index (χ4v) is 1.57. The van der Waals surface area contributed by atoms with Gasteiger partial charge in [0, 0.05) is 17.8 Å². The molecule has 1 heterocycles. The highest BCUT2D eigenvalue weighted by Gasteiger charge is 2.15. The molecule has 2 rings (SSSR count). The molecular weight excluding hydrogens is 276 g/mol. The van der Waals surface area contributed by atoms with E-state index in [0.29, 0.717) is 0 Å². The first-order valence-corrected chi connectivity index (χ1v) is 5.38.